The van der Waals surface area contributed by atoms with E-state index in [1.165, 1.54) is 0 Å². The Hall–Kier alpha value is -1.33. The highest BCUT2D eigenvalue weighted by Gasteiger charge is 2.17. The highest BCUT2D eigenvalue weighted by atomic mass is 79.9. The lowest BCUT2D eigenvalue weighted by atomic mass is 10.2. The highest BCUT2D eigenvalue weighted by Crippen LogP contribution is 2.29. The van der Waals surface area contributed by atoms with Crippen LogP contribution in [0.5, 0.6) is 5.88 Å². The Bertz CT molecular complexity index is 551. The number of aromatic nitrogens is 2. The average Bonchev–Trinajstić information content (AvgIpc) is 2.67. The molecule has 0 aliphatic rings. The lowest BCUT2D eigenvalue weighted by Crippen LogP contribution is -2.05. The van der Waals surface area contributed by atoms with Crippen LogP contribution in [0.25, 0.3) is 5.69 Å². The van der Waals surface area contributed by atoms with Crippen molar-refractivity contribution in [2.24, 2.45) is 5.73 Å². The second-order valence-electron chi connectivity index (χ2n) is 3.98. The summed E-state index contributed by atoms with van der Waals surface area (Å²) in [5.74, 6) is 0.754. The minimum Gasteiger partial charge on any atom is -0.481 e. The maximum atomic E-state index is 5.63. The average molecular weight is 310 g/mol. The summed E-state index contributed by atoms with van der Waals surface area (Å²) in [7, 11) is 1.66. The Kier molecular flexibility index (Phi) is 4.04. The zero-order valence-corrected chi connectivity index (χ0v) is 12.1. The Morgan fingerprint density at radius 2 is 2.11 bits per heavy atom. The van der Waals surface area contributed by atoms with Crippen molar-refractivity contribution in [3.63, 3.8) is 0 Å². The second kappa shape index (κ2) is 5.54. The minimum absolute atomic E-state index is 0.582. The number of ether oxygens (including phenoxy) is 1. The summed E-state index contributed by atoms with van der Waals surface area (Å²) in [6, 6.07) is 7.91. The molecule has 0 saturated heterocycles. The number of nitrogens with zero attached hydrogens (tertiary/aromatic N) is 2. The van der Waals surface area contributed by atoms with Gasteiger partial charge in [-0.3, -0.25) is 0 Å². The van der Waals surface area contributed by atoms with Crippen LogP contribution in [0.2, 0.25) is 0 Å². The number of nitrogens with two attached hydrogens (primary N) is 1. The van der Waals surface area contributed by atoms with Crippen LogP contribution in [-0.4, -0.2) is 23.4 Å². The topological polar surface area (TPSA) is 53.1 Å². The quantitative estimate of drug-likeness (QED) is 0.944. The molecule has 1 heterocycles. The van der Waals surface area contributed by atoms with E-state index in [1.807, 2.05) is 35.9 Å². The van der Waals surface area contributed by atoms with Crippen molar-refractivity contribution < 1.29 is 4.74 Å². The summed E-state index contributed by atoms with van der Waals surface area (Å²) in [4.78, 5) is 0. The van der Waals surface area contributed by atoms with E-state index in [9.17, 15) is 0 Å². The number of hydrogen-bond acceptors (Lipinski definition) is 3. The van der Waals surface area contributed by atoms with Gasteiger partial charge >= 0.3 is 0 Å². The van der Waals surface area contributed by atoms with Crippen LogP contribution in [0, 0.1) is 6.92 Å². The number of para-hydroxylation sites is 1. The van der Waals surface area contributed by atoms with Gasteiger partial charge in [0.05, 0.1) is 18.5 Å². The van der Waals surface area contributed by atoms with E-state index in [0.717, 1.165) is 33.7 Å². The zero-order valence-electron chi connectivity index (χ0n) is 10.5. The zero-order chi connectivity index (χ0) is 13.1. The molecule has 0 aliphatic carbocycles. The number of benzene rings is 1. The normalized spacial score (nSPS) is 10.7. The minimum atomic E-state index is 0.582. The molecule has 1 aromatic heterocycles. The van der Waals surface area contributed by atoms with Gasteiger partial charge in [0, 0.05) is 10.0 Å². The van der Waals surface area contributed by atoms with Crippen LogP contribution < -0.4 is 10.5 Å². The first kappa shape index (κ1) is 13.1. The summed E-state index contributed by atoms with van der Waals surface area (Å²) in [5, 5.41) is 4.54. The lowest BCUT2D eigenvalue weighted by molar-refractivity contribution is 0.379. The third-order valence-corrected chi connectivity index (χ3v) is 3.48. The van der Waals surface area contributed by atoms with Gasteiger partial charge in [0.1, 0.15) is 0 Å². The second-order valence-corrected chi connectivity index (χ2v) is 4.83. The van der Waals surface area contributed by atoms with Gasteiger partial charge in [0.25, 0.3) is 0 Å². The smallest absolute Gasteiger partial charge is 0.219 e. The fraction of sp³-hybridized carbons (Fsp3) is 0.308. The van der Waals surface area contributed by atoms with Crippen molar-refractivity contribution in [2.45, 2.75) is 13.3 Å². The summed E-state index contributed by atoms with van der Waals surface area (Å²) < 4.78 is 8.27. The van der Waals surface area contributed by atoms with Crippen molar-refractivity contribution in [1.82, 2.24) is 9.78 Å². The fourth-order valence-electron chi connectivity index (χ4n) is 1.97. The Morgan fingerprint density at radius 1 is 1.39 bits per heavy atom. The molecule has 2 rings (SSSR count). The molecule has 1 aromatic carbocycles. The van der Waals surface area contributed by atoms with Gasteiger partial charge in [-0.2, -0.15) is 9.78 Å². The maximum absolute atomic E-state index is 5.63. The molecule has 0 spiro atoms. The van der Waals surface area contributed by atoms with Crippen molar-refractivity contribution in [1.29, 1.82) is 0 Å². The molecular formula is C13H16BrN3O. The van der Waals surface area contributed by atoms with Crippen molar-refractivity contribution in [2.75, 3.05) is 13.7 Å². The SMILES string of the molecule is COc1c(CCN)c(C)nn1-c1ccccc1Br. The van der Waals surface area contributed by atoms with Gasteiger partial charge in [0.15, 0.2) is 0 Å². The van der Waals surface area contributed by atoms with Crippen LogP contribution in [0.4, 0.5) is 0 Å². The van der Waals surface area contributed by atoms with E-state index in [0.29, 0.717) is 6.54 Å². The molecule has 0 atom stereocenters. The largest absolute Gasteiger partial charge is 0.481 e. The number of rotatable bonds is 4. The molecule has 96 valence electrons. The molecule has 0 unspecified atom stereocenters. The first-order chi connectivity index (χ1) is 8.69. The molecule has 5 heteroatoms. The van der Waals surface area contributed by atoms with E-state index in [-0.39, 0.29) is 0 Å². The first-order valence-electron chi connectivity index (χ1n) is 5.76. The molecule has 0 saturated carbocycles. The van der Waals surface area contributed by atoms with Crippen LogP contribution in [0.15, 0.2) is 28.7 Å². The van der Waals surface area contributed by atoms with E-state index >= 15 is 0 Å². The summed E-state index contributed by atoms with van der Waals surface area (Å²) in [6.45, 7) is 2.56. The van der Waals surface area contributed by atoms with E-state index in [1.54, 1.807) is 7.11 Å². The Morgan fingerprint density at radius 3 is 2.72 bits per heavy atom. The number of methoxy groups -OCH3 is 1. The predicted octanol–water partition coefficient (Wildman–Crippen LogP) is 2.45. The van der Waals surface area contributed by atoms with Gasteiger partial charge in [0.2, 0.25) is 5.88 Å². The van der Waals surface area contributed by atoms with Crippen LogP contribution >= 0.6 is 15.9 Å². The van der Waals surface area contributed by atoms with E-state index in [2.05, 4.69) is 21.0 Å². The molecule has 2 aromatic rings. The standard InChI is InChI=1S/C13H16BrN3O/c1-9-10(7-8-15)13(18-2)17(16-9)12-6-4-3-5-11(12)14/h3-6H,7-8,15H2,1-2H3. The Labute approximate surface area is 115 Å². The molecule has 0 bridgehead atoms. The third kappa shape index (κ3) is 2.28. The highest BCUT2D eigenvalue weighted by molar-refractivity contribution is 9.10. The van der Waals surface area contributed by atoms with Crippen LogP contribution in [-0.2, 0) is 6.42 Å². The van der Waals surface area contributed by atoms with Gasteiger partial charge in [-0.15, -0.1) is 0 Å². The van der Waals surface area contributed by atoms with E-state index < -0.39 is 0 Å². The molecule has 18 heavy (non-hydrogen) atoms. The monoisotopic (exact) mass is 309 g/mol. The lowest BCUT2D eigenvalue weighted by Gasteiger charge is -2.09. The summed E-state index contributed by atoms with van der Waals surface area (Å²) in [6.07, 6.45) is 0.763. The summed E-state index contributed by atoms with van der Waals surface area (Å²) >= 11 is 3.53. The number of halogens is 1. The van der Waals surface area contributed by atoms with Gasteiger partial charge < -0.3 is 10.5 Å². The predicted molar refractivity (Wildman–Crippen MR) is 75.3 cm³/mol. The number of hydrogen-bond donors (Lipinski definition) is 1. The molecule has 4 nitrogen and oxygen atoms in total. The Balaban J connectivity index is 2.58. The van der Waals surface area contributed by atoms with Gasteiger partial charge in [-0.1, -0.05) is 12.1 Å². The van der Waals surface area contributed by atoms with E-state index in [4.69, 9.17) is 10.5 Å². The van der Waals surface area contributed by atoms with Crippen LogP contribution in [0.1, 0.15) is 11.3 Å². The van der Waals surface area contributed by atoms with Gasteiger partial charge in [-0.25, -0.2) is 0 Å². The fourth-order valence-corrected chi connectivity index (χ4v) is 2.42. The molecular weight excluding hydrogens is 294 g/mol. The van der Waals surface area contributed by atoms with Crippen LogP contribution in [0.3, 0.4) is 0 Å². The molecule has 0 amide bonds. The molecule has 2 N–H and O–H groups in total. The van der Waals surface area contributed by atoms with Crippen molar-refractivity contribution in [3.8, 4) is 11.6 Å². The van der Waals surface area contributed by atoms with Crippen molar-refractivity contribution in [3.05, 3.63) is 40.0 Å². The first-order valence-corrected chi connectivity index (χ1v) is 6.55. The number of aryl methyl sites for hydroxylation is 1. The molecule has 0 aliphatic heterocycles. The third-order valence-electron chi connectivity index (χ3n) is 2.81. The maximum Gasteiger partial charge on any atom is 0.219 e. The molecule has 0 radical (unpaired) electrons. The summed E-state index contributed by atoms with van der Waals surface area (Å²) in [5.41, 5.74) is 8.61. The van der Waals surface area contributed by atoms with Crippen molar-refractivity contribution >= 4 is 15.9 Å². The molecule has 0 fully saturated rings. The van der Waals surface area contributed by atoms with Gasteiger partial charge in [-0.05, 0) is 48.0 Å².